The van der Waals surface area contributed by atoms with E-state index in [1.54, 1.807) is 0 Å². The predicted molar refractivity (Wildman–Crippen MR) is 145 cm³/mol. The van der Waals surface area contributed by atoms with Crippen molar-refractivity contribution < 1.29 is 23.1 Å². The van der Waals surface area contributed by atoms with Gasteiger partial charge in [0.1, 0.15) is 0 Å². The summed E-state index contributed by atoms with van der Waals surface area (Å²) < 4.78 is 28.4. The van der Waals surface area contributed by atoms with Gasteiger partial charge in [-0.25, -0.2) is 18.1 Å². The lowest BCUT2D eigenvalue weighted by Crippen LogP contribution is -2.38. The first kappa shape index (κ1) is 28.6. The highest BCUT2D eigenvalue weighted by molar-refractivity contribution is 7.92. The molecule has 2 aromatic carbocycles. The zero-order valence-corrected chi connectivity index (χ0v) is 22.9. The topological polar surface area (TPSA) is 150 Å². The number of anilines is 1. The molecule has 0 fully saturated rings. The number of hydrogen-bond donors (Lipinski definition) is 4. The average Bonchev–Trinajstić information content (AvgIpc) is 2.81. The van der Waals surface area contributed by atoms with Crippen LogP contribution in [0.3, 0.4) is 0 Å². The Morgan fingerprint density at radius 3 is 2.26 bits per heavy atom. The fraction of sp³-hybridized carbons (Fsp3) is 0.333. The molecule has 0 spiro atoms. The minimum atomic E-state index is -4.21. The van der Waals surface area contributed by atoms with E-state index in [0.29, 0.717) is 12.2 Å². The molecule has 3 aromatic rings. The summed E-state index contributed by atoms with van der Waals surface area (Å²) in [5.74, 6) is -1.65. The number of rotatable bonds is 9. The molecule has 202 valence electrons. The third-order valence-corrected chi connectivity index (χ3v) is 7.01. The van der Waals surface area contributed by atoms with Gasteiger partial charge in [-0.1, -0.05) is 45.0 Å². The van der Waals surface area contributed by atoms with Crippen molar-refractivity contribution in [1.82, 2.24) is 20.6 Å². The van der Waals surface area contributed by atoms with E-state index in [0.717, 1.165) is 23.1 Å². The second kappa shape index (κ2) is 11.6. The fourth-order valence-corrected chi connectivity index (χ4v) is 4.70. The molecule has 3 rings (SSSR count). The molecule has 11 heteroatoms. The zero-order chi connectivity index (χ0) is 28.1. The van der Waals surface area contributed by atoms with Crippen LogP contribution in [0.25, 0.3) is 11.3 Å². The monoisotopic (exact) mass is 539 g/mol. The molecule has 0 aliphatic rings. The number of hydrogen-bond acceptors (Lipinski definition) is 7. The highest BCUT2D eigenvalue weighted by Crippen LogP contribution is 2.28. The summed E-state index contributed by atoms with van der Waals surface area (Å²) in [6, 6.07) is 12.4. The van der Waals surface area contributed by atoms with Crippen LogP contribution in [0.15, 0.2) is 53.4 Å². The first-order valence-electron chi connectivity index (χ1n) is 12.1. The predicted octanol–water partition coefficient (Wildman–Crippen LogP) is 3.55. The second-order valence-electron chi connectivity index (χ2n) is 10.2. The van der Waals surface area contributed by atoms with E-state index in [9.17, 15) is 23.1 Å². The van der Waals surface area contributed by atoms with Gasteiger partial charge in [-0.05, 0) is 55.0 Å². The molecule has 0 unspecified atom stereocenters. The molecule has 0 saturated heterocycles. The summed E-state index contributed by atoms with van der Waals surface area (Å²) in [5, 5.41) is 15.4. The van der Waals surface area contributed by atoms with E-state index in [4.69, 9.17) is 0 Å². The van der Waals surface area contributed by atoms with Crippen LogP contribution in [-0.2, 0) is 14.8 Å². The van der Waals surface area contributed by atoms with Crippen molar-refractivity contribution >= 4 is 27.8 Å². The number of carbonyl (C=O) groups excluding carboxylic acids is 2. The summed E-state index contributed by atoms with van der Waals surface area (Å²) in [6.07, 6.45) is 0.786. The first-order chi connectivity index (χ1) is 17.7. The van der Waals surface area contributed by atoms with Gasteiger partial charge < -0.3 is 15.7 Å². The van der Waals surface area contributed by atoms with Gasteiger partial charge in [0, 0.05) is 23.7 Å². The van der Waals surface area contributed by atoms with Crippen LogP contribution in [0.5, 0.6) is 5.88 Å². The fourth-order valence-electron chi connectivity index (χ4n) is 3.71. The number of aromatic nitrogens is 2. The van der Waals surface area contributed by atoms with Crippen LogP contribution >= 0.6 is 0 Å². The van der Waals surface area contributed by atoms with Crippen molar-refractivity contribution in [2.75, 3.05) is 17.8 Å². The van der Waals surface area contributed by atoms with Gasteiger partial charge in [0.15, 0.2) is 0 Å². The molecular weight excluding hydrogens is 506 g/mol. The summed E-state index contributed by atoms with van der Waals surface area (Å²) >= 11 is 0. The summed E-state index contributed by atoms with van der Waals surface area (Å²) in [5.41, 5.74) is 3.05. The van der Waals surface area contributed by atoms with Crippen molar-refractivity contribution in [3.8, 4) is 17.1 Å². The van der Waals surface area contributed by atoms with Crippen molar-refractivity contribution in [1.29, 1.82) is 0 Å². The van der Waals surface area contributed by atoms with Crippen molar-refractivity contribution in [3.63, 3.8) is 0 Å². The lowest BCUT2D eigenvalue weighted by Gasteiger charge is -2.18. The molecule has 0 bridgehead atoms. The van der Waals surface area contributed by atoms with E-state index in [-0.39, 0.29) is 34.3 Å². The van der Waals surface area contributed by atoms with Crippen LogP contribution in [0.4, 0.5) is 5.95 Å². The minimum absolute atomic E-state index is 0.0587. The summed E-state index contributed by atoms with van der Waals surface area (Å²) in [4.78, 5) is 32.5. The highest BCUT2D eigenvalue weighted by atomic mass is 32.2. The Hall–Kier alpha value is -3.99. The second-order valence-corrected chi connectivity index (χ2v) is 11.9. The number of carbonyl (C=O) groups is 2. The van der Waals surface area contributed by atoms with Gasteiger partial charge in [0.2, 0.25) is 17.7 Å². The van der Waals surface area contributed by atoms with Gasteiger partial charge in [0.25, 0.3) is 15.9 Å². The molecule has 4 N–H and O–H groups in total. The van der Waals surface area contributed by atoms with E-state index in [1.165, 1.54) is 30.3 Å². The van der Waals surface area contributed by atoms with Gasteiger partial charge in [0.05, 0.1) is 17.1 Å². The van der Waals surface area contributed by atoms with Gasteiger partial charge in [-0.3, -0.25) is 9.59 Å². The molecule has 0 aliphatic heterocycles. The van der Waals surface area contributed by atoms with E-state index in [2.05, 4.69) is 46.1 Å². The molecule has 0 aliphatic carbocycles. The van der Waals surface area contributed by atoms with Crippen molar-refractivity contribution in [2.24, 2.45) is 5.41 Å². The molecule has 2 amide bonds. The highest BCUT2D eigenvalue weighted by Gasteiger charge is 2.20. The van der Waals surface area contributed by atoms with Crippen molar-refractivity contribution in [2.45, 2.75) is 45.9 Å². The third kappa shape index (κ3) is 7.75. The number of amides is 2. The van der Waals surface area contributed by atoms with E-state index >= 15 is 0 Å². The van der Waals surface area contributed by atoms with Gasteiger partial charge in [-0.2, -0.15) is 4.98 Å². The normalized spacial score (nSPS) is 11.6. The molecule has 10 nitrogen and oxygen atoms in total. The third-order valence-electron chi connectivity index (χ3n) is 5.69. The first-order valence-corrected chi connectivity index (χ1v) is 13.6. The Kier molecular flexibility index (Phi) is 8.72. The Morgan fingerprint density at radius 1 is 0.947 bits per heavy atom. The maximum Gasteiger partial charge on any atom is 0.264 e. The molecule has 38 heavy (non-hydrogen) atoms. The molecule has 1 heterocycles. The SMILES string of the molecule is Cc1cccc(C)c1-c1cc(O)nc(NS(=O)(=O)c2cccc(C(=O)NCC(=O)NCCC(C)(C)C)c2)n1. The Morgan fingerprint density at radius 2 is 1.61 bits per heavy atom. The van der Waals surface area contributed by atoms with Crippen LogP contribution < -0.4 is 15.4 Å². The largest absolute Gasteiger partial charge is 0.493 e. The molecule has 0 atom stereocenters. The number of sulfonamides is 1. The van der Waals surface area contributed by atoms with Crippen LogP contribution in [0, 0.1) is 19.3 Å². The number of nitrogens with zero attached hydrogens (tertiary/aromatic N) is 2. The smallest absolute Gasteiger partial charge is 0.264 e. The lowest BCUT2D eigenvalue weighted by atomic mass is 9.92. The van der Waals surface area contributed by atoms with Crippen LogP contribution in [0.1, 0.15) is 48.7 Å². The lowest BCUT2D eigenvalue weighted by molar-refractivity contribution is -0.120. The number of benzene rings is 2. The minimum Gasteiger partial charge on any atom is -0.493 e. The van der Waals surface area contributed by atoms with Crippen LogP contribution in [-0.4, -0.2) is 48.4 Å². The van der Waals surface area contributed by atoms with E-state index < -0.39 is 21.8 Å². The zero-order valence-electron chi connectivity index (χ0n) is 22.1. The number of aromatic hydroxyl groups is 1. The molecule has 0 radical (unpaired) electrons. The standard InChI is InChI=1S/C27H33N5O5S/c1-17-8-6-9-18(2)24(17)21-15-22(33)31-26(30-21)32-38(36,37)20-11-7-10-19(14-20)25(35)29-16-23(34)28-13-12-27(3,4)5/h6-11,14-15H,12-13,16H2,1-5H3,(H,28,34)(H,29,35)(H2,30,31,32,33). The summed E-state index contributed by atoms with van der Waals surface area (Å²) in [6.45, 7) is 10.2. The van der Waals surface area contributed by atoms with Crippen molar-refractivity contribution in [3.05, 3.63) is 65.2 Å². The maximum atomic E-state index is 13.1. The Labute approximate surface area is 223 Å². The molecule has 1 aromatic heterocycles. The number of aryl methyl sites for hydroxylation is 2. The maximum absolute atomic E-state index is 13.1. The number of nitrogens with one attached hydrogen (secondary N) is 3. The van der Waals surface area contributed by atoms with Crippen LogP contribution in [0.2, 0.25) is 0 Å². The average molecular weight is 540 g/mol. The Bertz CT molecular complexity index is 1430. The quantitative estimate of drug-likeness (QED) is 0.325. The molecular formula is C27H33N5O5S. The van der Waals surface area contributed by atoms with Gasteiger partial charge >= 0.3 is 0 Å². The Balaban J connectivity index is 1.73. The van der Waals surface area contributed by atoms with E-state index in [1.807, 2.05) is 32.0 Å². The molecule has 0 saturated carbocycles. The summed E-state index contributed by atoms with van der Waals surface area (Å²) in [7, 11) is -4.21. The van der Waals surface area contributed by atoms with Gasteiger partial charge in [-0.15, -0.1) is 0 Å².